The van der Waals surface area contributed by atoms with Crippen molar-refractivity contribution in [2.75, 3.05) is 63.6 Å². The molecule has 4 aliphatic heterocycles. The number of carbonyl (C=O) groups is 6. The SMILES string of the molecule is COc1cc(N)c(F)c(C(=O)N[C@H]2CCN(C(=O)CN3CCN(c4cccc5c4C(=O)N(C4CCC(=O)NC4=O)C5=O)CC3)C2)c1. The Bertz CT molecular complexity index is 1640. The zero-order valence-electron chi connectivity index (χ0n) is 25.2. The largest absolute Gasteiger partial charge is 0.497 e. The lowest BCUT2D eigenvalue weighted by atomic mass is 10.0. The Hall–Kier alpha value is -5.05. The van der Waals surface area contributed by atoms with Crippen LogP contribution in [0.25, 0.3) is 0 Å². The first-order valence-electron chi connectivity index (χ1n) is 15.1. The van der Waals surface area contributed by atoms with Gasteiger partial charge in [-0.3, -0.25) is 43.9 Å². The summed E-state index contributed by atoms with van der Waals surface area (Å²) in [5.41, 5.74) is 6.29. The first-order valence-corrected chi connectivity index (χ1v) is 15.1. The molecular formula is C31H34FN7O7. The molecule has 0 bridgehead atoms. The Morgan fingerprint density at radius 3 is 2.52 bits per heavy atom. The molecule has 46 heavy (non-hydrogen) atoms. The highest BCUT2D eigenvalue weighted by molar-refractivity contribution is 6.25. The van der Waals surface area contributed by atoms with Gasteiger partial charge in [0.25, 0.3) is 17.7 Å². The van der Waals surface area contributed by atoms with Gasteiger partial charge in [0.2, 0.25) is 17.7 Å². The molecule has 0 aromatic heterocycles. The van der Waals surface area contributed by atoms with E-state index < -0.39 is 41.4 Å². The van der Waals surface area contributed by atoms with Crippen molar-refractivity contribution >= 4 is 46.8 Å². The second-order valence-electron chi connectivity index (χ2n) is 11.8. The topological polar surface area (TPSA) is 175 Å². The minimum absolute atomic E-state index is 0.0446. The molecule has 4 N–H and O–H groups in total. The molecule has 6 rings (SSSR count). The van der Waals surface area contributed by atoms with Gasteiger partial charge in [0.05, 0.1) is 41.7 Å². The molecule has 0 spiro atoms. The number of fused-ring (bicyclic) bond motifs is 1. The quantitative estimate of drug-likeness (QED) is 0.277. The summed E-state index contributed by atoms with van der Waals surface area (Å²) in [4.78, 5) is 83.3. The van der Waals surface area contributed by atoms with Crippen LogP contribution in [0.4, 0.5) is 15.8 Å². The van der Waals surface area contributed by atoms with E-state index in [4.69, 9.17) is 10.5 Å². The number of likely N-dealkylation sites (tertiary alicyclic amines) is 1. The maximum atomic E-state index is 14.5. The molecule has 2 aromatic rings. The number of benzene rings is 2. The van der Waals surface area contributed by atoms with E-state index in [-0.39, 0.29) is 59.5 Å². The van der Waals surface area contributed by atoms with Crippen molar-refractivity contribution < 1.29 is 37.9 Å². The number of amides is 6. The number of hydrogen-bond donors (Lipinski definition) is 3. The molecule has 0 saturated carbocycles. The molecule has 2 atom stereocenters. The first-order chi connectivity index (χ1) is 22.0. The third-order valence-corrected chi connectivity index (χ3v) is 8.95. The highest BCUT2D eigenvalue weighted by Crippen LogP contribution is 2.34. The Balaban J connectivity index is 1.03. The highest BCUT2D eigenvalue weighted by Gasteiger charge is 2.46. The Morgan fingerprint density at radius 2 is 1.80 bits per heavy atom. The van der Waals surface area contributed by atoms with Gasteiger partial charge in [-0.15, -0.1) is 0 Å². The number of carbonyl (C=O) groups excluding carboxylic acids is 6. The third kappa shape index (κ3) is 5.73. The zero-order valence-corrected chi connectivity index (χ0v) is 25.2. The first kappa shape index (κ1) is 31.0. The Labute approximate surface area is 263 Å². The Kier molecular flexibility index (Phi) is 8.34. The summed E-state index contributed by atoms with van der Waals surface area (Å²) in [6.45, 7) is 2.96. The van der Waals surface area contributed by atoms with Crippen LogP contribution >= 0.6 is 0 Å². The van der Waals surface area contributed by atoms with E-state index in [1.165, 1.54) is 19.2 Å². The van der Waals surface area contributed by atoms with Crippen molar-refractivity contribution in [3.05, 3.63) is 52.8 Å². The second kappa shape index (κ2) is 12.4. The van der Waals surface area contributed by atoms with Crippen LogP contribution in [0.5, 0.6) is 5.75 Å². The molecule has 0 aliphatic carbocycles. The lowest BCUT2D eigenvalue weighted by Crippen LogP contribution is -2.54. The lowest BCUT2D eigenvalue weighted by Gasteiger charge is -2.37. The minimum Gasteiger partial charge on any atom is -0.497 e. The average Bonchev–Trinajstić information content (AvgIpc) is 3.61. The Morgan fingerprint density at radius 1 is 1.04 bits per heavy atom. The highest BCUT2D eigenvalue weighted by atomic mass is 19.1. The standard InChI is InChI=1S/C31H34FN7O7/c1-46-18-13-20(27(32)21(33)14-18)28(42)34-17-7-8-38(15-17)25(41)16-36-9-11-37(12-10-36)22-4-2-3-19-26(22)31(45)39(30(19)44)23-5-6-24(40)35-29(23)43/h2-4,13-14,17,23H,5-12,15-16,33H2,1H3,(H,34,42)(H,35,40,43)/t17-,23?/m0/s1. The molecular weight excluding hydrogens is 601 g/mol. The summed E-state index contributed by atoms with van der Waals surface area (Å²) < 4.78 is 19.6. The van der Waals surface area contributed by atoms with Crippen molar-refractivity contribution in [2.24, 2.45) is 0 Å². The molecule has 15 heteroatoms. The number of rotatable bonds is 7. The summed E-state index contributed by atoms with van der Waals surface area (Å²) in [5.74, 6) is -3.50. The van der Waals surface area contributed by atoms with Gasteiger partial charge in [-0.1, -0.05) is 6.07 Å². The van der Waals surface area contributed by atoms with E-state index in [1.54, 1.807) is 23.1 Å². The number of anilines is 2. The molecule has 3 fully saturated rings. The lowest BCUT2D eigenvalue weighted by molar-refractivity contribution is -0.136. The minimum atomic E-state index is -1.04. The number of halogens is 1. The molecule has 4 heterocycles. The van der Waals surface area contributed by atoms with Crippen LogP contribution in [0.3, 0.4) is 0 Å². The maximum absolute atomic E-state index is 14.5. The van der Waals surface area contributed by atoms with Gasteiger partial charge < -0.3 is 25.6 Å². The molecule has 6 amide bonds. The molecule has 2 aromatic carbocycles. The van der Waals surface area contributed by atoms with Crippen LogP contribution in [-0.4, -0.2) is 115 Å². The van der Waals surface area contributed by atoms with Crippen LogP contribution in [0.2, 0.25) is 0 Å². The van der Waals surface area contributed by atoms with E-state index in [9.17, 15) is 33.2 Å². The summed E-state index contributed by atoms with van der Waals surface area (Å²) in [5, 5.41) is 4.99. The van der Waals surface area contributed by atoms with Gasteiger partial charge in [-0.05, 0) is 31.0 Å². The number of methoxy groups -OCH3 is 1. The van der Waals surface area contributed by atoms with Crippen LogP contribution in [0.1, 0.15) is 50.3 Å². The van der Waals surface area contributed by atoms with Gasteiger partial charge in [0.15, 0.2) is 5.82 Å². The predicted octanol–water partition coefficient (Wildman–Crippen LogP) is -0.0294. The van der Waals surface area contributed by atoms with Crippen LogP contribution < -0.4 is 26.0 Å². The number of ether oxygens (including phenoxy) is 1. The monoisotopic (exact) mass is 635 g/mol. The fourth-order valence-electron chi connectivity index (χ4n) is 6.47. The summed E-state index contributed by atoms with van der Waals surface area (Å²) in [7, 11) is 1.39. The van der Waals surface area contributed by atoms with E-state index >= 15 is 0 Å². The van der Waals surface area contributed by atoms with Gasteiger partial charge in [-0.25, -0.2) is 4.39 Å². The molecule has 0 radical (unpaired) electrons. The molecule has 242 valence electrons. The number of imide groups is 2. The normalized spacial score (nSPS) is 21.8. The molecule has 4 aliphatic rings. The van der Waals surface area contributed by atoms with Crippen molar-refractivity contribution in [1.82, 2.24) is 25.3 Å². The third-order valence-electron chi connectivity index (χ3n) is 8.95. The number of nitrogens with zero attached hydrogens (tertiary/aromatic N) is 4. The predicted molar refractivity (Wildman–Crippen MR) is 162 cm³/mol. The second-order valence-corrected chi connectivity index (χ2v) is 11.8. The van der Waals surface area contributed by atoms with E-state index in [1.807, 2.05) is 9.80 Å². The van der Waals surface area contributed by atoms with Crippen molar-refractivity contribution in [1.29, 1.82) is 0 Å². The van der Waals surface area contributed by atoms with Crippen LogP contribution in [0.15, 0.2) is 30.3 Å². The van der Waals surface area contributed by atoms with Crippen LogP contribution in [0, 0.1) is 5.82 Å². The number of piperazine rings is 1. The van der Waals surface area contributed by atoms with E-state index in [0.717, 1.165) is 4.90 Å². The van der Waals surface area contributed by atoms with Gasteiger partial charge >= 0.3 is 0 Å². The number of nitrogens with two attached hydrogens (primary N) is 1. The van der Waals surface area contributed by atoms with Gasteiger partial charge in [0.1, 0.15) is 11.8 Å². The van der Waals surface area contributed by atoms with Gasteiger partial charge in [0, 0.05) is 57.8 Å². The fourth-order valence-corrected chi connectivity index (χ4v) is 6.47. The van der Waals surface area contributed by atoms with Crippen molar-refractivity contribution in [2.45, 2.75) is 31.3 Å². The molecule has 1 unspecified atom stereocenters. The smallest absolute Gasteiger partial charge is 0.264 e. The number of hydrogen-bond acceptors (Lipinski definition) is 10. The van der Waals surface area contributed by atoms with Crippen molar-refractivity contribution in [3.8, 4) is 5.75 Å². The molecule has 14 nitrogen and oxygen atoms in total. The average molecular weight is 636 g/mol. The number of nitrogen functional groups attached to an aromatic ring is 1. The van der Waals surface area contributed by atoms with Crippen LogP contribution in [-0.2, 0) is 14.4 Å². The number of nitrogens with one attached hydrogen (secondary N) is 2. The van der Waals surface area contributed by atoms with E-state index in [0.29, 0.717) is 51.4 Å². The van der Waals surface area contributed by atoms with E-state index in [2.05, 4.69) is 10.6 Å². The number of piperidine rings is 1. The summed E-state index contributed by atoms with van der Waals surface area (Å²) in [6.07, 6.45) is 0.648. The summed E-state index contributed by atoms with van der Waals surface area (Å²) >= 11 is 0. The maximum Gasteiger partial charge on any atom is 0.264 e. The molecule has 3 saturated heterocycles. The fraction of sp³-hybridized carbons (Fsp3) is 0.419. The van der Waals surface area contributed by atoms with Gasteiger partial charge in [-0.2, -0.15) is 0 Å². The summed E-state index contributed by atoms with van der Waals surface area (Å²) in [6, 6.07) is 6.22. The zero-order chi connectivity index (χ0) is 32.7. The van der Waals surface area contributed by atoms with Crippen molar-refractivity contribution in [3.63, 3.8) is 0 Å².